The van der Waals surface area contributed by atoms with Crippen LogP contribution >= 0.6 is 12.2 Å². The summed E-state index contributed by atoms with van der Waals surface area (Å²) >= 11 is 5.40. The Morgan fingerprint density at radius 2 is 1.90 bits per heavy atom. The smallest absolute Gasteiger partial charge is 0.191 e. The van der Waals surface area contributed by atoms with Crippen molar-refractivity contribution in [2.75, 3.05) is 12.4 Å². The quantitative estimate of drug-likeness (QED) is 0.507. The summed E-state index contributed by atoms with van der Waals surface area (Å²) in [5, 5.41) is 18.0. The van der Waals surface area contributed by atoms with Crippen molar-refractivity contribution in [3.8, 4) is 17.2 Å². The number of aromatic hydroxyl groups is 1. The molecule has 0 atom stereocenters. The van der Waals surface area contributed by atoms with E-state index in [1.54, 1.807) is 19.2 Å². The molecule has 3 N–H and O–H groups in total. The average Bonchev–Trinajstić information content (AvgIpc) is 2.73. The minimum atomic E-state index is -0.215. The average molecular weight is 412 g/mol. The zero-order chi connectivity index (χ0) is 20.3. The SMILES string of the molecule is COc1ccc(NC(=S)N/N=C2\CC3(CCCCC3)Oc3ccc(O)cc32)cc1. The molecule has 0 unspecified atom stereocenters. The standard InChI is InChI=1S/C22H25N3O3S/c1-27-17-8-5-15(6-9-17)23-21(29)25-24-19-14-22(11-3-2-4-12-22)28-20-10-7-16(26)13-18(19)20/h5-10,13,26H,2-4,11-12,14H2,1H3,(H2,23,25,29)/b24-19+. The van der Waals surface area contributed by atoms with Crippen molar-refractivity contribution in [3.63, 3.8) is 0 Å². The van der Waals surface area contributed by atoms with Gasteiger partial charge >= 0.3 is 0 Å². The van der Waals surface area contributed by atoms with Crippen LogP contribution in [0.15, 0.2) is 47.6 Å². The third kappa shape index (κ3) is 4.45. The number of hydrogen-bond acceptors (Lipinski definition) is 5. The predicted octanol–water partition coefficient (Wildman–Crippen LogP) is 4.58. The number of nitrogens with zero attached hydrogens (tertiary/aromatic N) is 1. The zero-order valence-electron chi connectivity index (χ0n) is 16.4. The van der Waals surface area contributed by atoms with Crippen LogP contribution in [-0.2, 0) is 0 Å². The van der Waals surface area contributed by atoms with Crippen molar-refractivity contribution in [3.05, 3.63) is 48.0 Å². The molecule has 29 heavy (non-hydrogen) atoms. The van der Waals surface area contributed by atoms with E-state index in [-0.39, 0.29) is 11.4 Å². The Morgan fingerprint density at radius 1 is 1.14 bits per heavy atom. The number of rotatable bonds is 3. The molecular weight excluding hydrogens is 386 g/mol. The van der Waals surface area contributed by atoms with Crippen molar-refractivity contribution >= 4 is 28.7 Å². The maximum absolute atomic E-state index is 9.94. The Hall–Kier alpha value is -2.80. The van der Waals surface area contributed by atoms with E-state index < -0.39 is 0 Å². The number of benzene rings is 2. The van der Waals surface area contributed by atoms with Gasteiger partial charge in [-0.15, -0.1) is 0 Å². The number of hydrogen-bond donors (Lipinski definition) is 3. The van der Waals surface area contributed by atoms with Gasteiger partial charge in [0.2, 0.25) is 0 Å². The summed E-state index contributed by atoms with van der Waals surface area (Å²) in [6.07, 6.45) is 6.29. The molecule has 1 aliphatic carbocycles. The summed E-state index contributed by atoms with van der Waals surface area (Å²) in [5.41, 5.74) is 5.24. The Bertz CT molecular complexity index is 921. The molecule has 0 radical (unpaired) electrons. The highest BCUT2D eigenvalue weighted by atomic mass is 32.1. The number of phenolic OH excluding ortho intramolecular Hbond substituents is 1. The van der Waals surface area contributed by atoms with Gasteiger partial charge in [0.25, 0.3) is 0 Å². The molecule has 1 aliphatic heterocycles. The zero-order valence-corrected chi connectivity index (χ0v) is 17.2. The molecule has 2 aromatic carbocycles. The summed E-state index contributed by atoms with van der Waals surface area (Å²) in [5.74, 6) is 1.75. The lowest BCUT2D eigenvalue weighted by Gasteiger charge is -2.41. The number of thiocarbonyl (C=S) groups is 1. The molecule has 6 nitrogen and oxygen atoms in total. The van der Waals surface area contributed by atoms with Crippen LogP contribution in [0.5, 0.6) is 17.2 Å². The highest BCUT2D eigenvalue weighted by molar-refractivity contribution is 7.80. The first-order valence-electron chi connectivity index (χ1n) is 9.87. The van der Waals surface area contributed by atoms with Gasteiger partial charge in [0.05, 0.1) is 12.8 Å². The van der Waals surface area contributed by atoms with Gasteiger partial charge in [0, 0.05) is 17.7 Å². The monoisotopic (exact) mass is 411 g/mol. The molecule has 7 heteroatoms. The van der Waals surface area contributed by atoms with Gasteiger partial charge in [-0.3, -0.25) is 5.43 Å². The minimum absolute atomic E-state index is 0.193. The van der Waals surface area contributed by atoms with E-state index in [0.29, 0.717) is 11.5 Å². The number of phenols is 1. The van der Waals surface area contributed by atoms with Crippen LogP contribution in [0.3, 0.4) is 0 Å². The maximum Gasteiger partial charge on any atom is 0.191 e. The van der Waals surface area contributed by atoms with Gasteiger partial charge in [-0.05, 0) is 80.4 Å². The molecule has 1 saturated carbocycles. The molecule has 2 aliphatic rings. The second-order valence-electron chi connectivity index (χ2n) is 7.56. The van der Waals surface area contributed by atoms with Gasteiger partial charge in [-0.2, -0.15) is 5.10 Å². The molecule has 0 amide bonds. The molecule has 2 aromatic rings. The molecule has 4 rings (SSSR count). The number of nitrogens with one attached hydrogen (secondary N) is 2. The lowest BCUT2D eigenvalue weighted by molar-refractivity contribution is 0.0320. The van der Waals surface area contributed by atoms with Crippen LogP contribution in [-0.4, -0.2) is 28.6 Å². The van der Waals surface area contributed by atoms with Gasteiger partial charge in [0.15, 0.2) is 5.11 Å². The fourth-order valence-corrected chi connectivity index (χ4v) is 4.19. The Balaban J connectivity index is 1.52. The van der Waals surface area contributed by atoms with Crippen LogP contribution in [0.2, 0.25) is 0 Å². The third-order valence-corrected chi connectivity index (χ3v) is 5.69. The molecule has 1 fully saturated rings. The van der Waals surface area contributed by atoms with Crippen molar-refractivity contribution < 1.29 is 14.6 Å². The molecule has 0 saturated heterocycles. The number of methoxy groups -OCH3 is 1. The Kier molecular flexibility index (Phi) is 5.58. The van der Waals surface area contributed by atoms with Crippen LogP contribution in [0.1, 0.15) is 44.1 Å². The van der Waals surface area contributed by atoms with Crippen molar-refractivity contribution in [2.45, 2.75) is 44.1 Å². The Labute approximate surface area is 175 Å². The fraction of sp³-hybridized carbons (Fsp3) is 0.364. The molecule has 1 spiro atoms. The largest absolute Gasteiger partial charge is 0.508 e. The van der Waals surface area contributed by atoms with E-state index in [9.17, 15) is 5.11 Å². The minimum Gasteiger partial charge on any atom is -0.508 e. The van der Waals surface area contributed by atoms with E-state index in [2.05, 4.69) is 15.8 Å². The first kappa shape index (κ1) is 19.5. The summed E-state index contributed by atoms with van der Waals surface area (Å²) in [6.45, 7) is 0. The summed E-state index contributed by atoms with van der Waals surface area (Å²) in [6, 6.07) is 12.7. The molecule has 0 bridgehead atoms. The number of anilines is 1. The number of ether oxygens (including phenoxy) is 2. The van der Waals surface area contributed by atoms with Gasteiger partial charge in [-0.25, -0.2) is 0 Å². The van der Waals surface area contributed by atoms with Gasteiger partial charge < -0.3 is 19.9 Å². The van der Waals surface area contributed by atoms with Crippen LogP contribution < -0.4 is 20.2 Å². The molecule has 0 aromatic heterocycles. The topological polar surface area (TPSA) is 75.1 Å². The van der Waals surface area contributed by atoms with Crippen LogP contribution in [0, 0.1) is 0 Å². The fourth-order valence-electron chi connectivity index (χ4n) is 4.03. The number of fused-ring (bicyclic) bond motifs is 1. The van der Waals surface area contributed by atoms with Crippen molar-refractivity contribution in [1.82, 2.24) is 5.43 Å². The highest BCUT2D eigenvalue weighted by Crippen LogP contribution is 2.42. The molecular formula is C22H25N3O3S. The van der Waals surface area contributed by atoms with E-state index in [4.69, 9.17) is 21.7 Å². The second-order valence-corrected chi connectivity index (χ2v) is 7.96. The normalized spacial score (nSPS) is 18.6. The summed E-state index contributed by atoms with van der Waals surface area (Å²) in [4.78, 5) is 0. The first-order chi connectivity index (χ1) is 14.1. The number of hydrazone groups is 1. The van der Waals surface area contributed by atoms with Crippen molar-refractivity contribution in [2.24, 2.45) is 5.10 Å². The maximum atomic E-state index is 9.94. The highest BCUT2D eigenvalue weighted by Gasteiger charge is 2.40. The summed E-state index contributed by atoms with van der Waals surface area (Å²) < 4.78 is 11.6. The van der Waals surface area contributed by atoms with E-state index in [0.717, 1.165) is 54.1 Å². The van der Waals surface area contributed by atoms with Crippen LogP contribution in [0.25, 0.3) is 0 Å². The van der Waals surface area contributed by atoms with Crippen molar-refractivity contribution in [1.29, 1.82) is 0 Å². The molecule has 152 valence electrons. The lowest BCUT2D eigenvalue weighted by atomic mass is 9.78. The summed E-state index contributed by atoms with van der Waals surface area (Å²) in [7, 11) is 1.63. The second kappa shape index (κ2) is 8.29. The lowest BCUT2D eigenvalue weighted by Crippen LogP contribution is -2.44. The van der Waals surface area contributed by atoms with E-state index >= 15 is 0 Å². The molecule has 1 heterocycles. The van der Waals surface area contributed by atoms with Gasteiger partial charge in [0.1, 0.15) is 22.8 Å². The van der Waals surface area contributed by atoms with E-state index in [1.165, 1.54) is 6.42 Å². The Morgan fingerprint density at radius 3 is 2.62 bits per heavy atom. The third-order valence-electron chi connectivity index (χ3n) is 5.50. The van der Waals surface area contributed by atoms with E-state index in [1.807, 2.05) is 30.3 Å². The predicted molar refractivity (Wildman–Crippen MR) is 118 cm³/mol. The van der Waals surface area contributed by atoms with Gasteiger partial charge in [-0.1, -0.05) is 6.42 Å². The first-order valence-corrected chi connectivity index (χ1v) is 10.3. The van der Waals surface area contributed by atoms with Crippen LogP contribution in [0.4, 0.5) is 5.69 Å².